The second kappa shape index (κ2) is 9.43. The molecule has 1 N–H and O–H groups in total. The third-order valence-electron chi connectivity index (χ3n) is 5.68. The molecular weight excluding hydrogens is 426 g/mol. The Bertz CT molecular complexity index is 1140. The van der Waals surface area contributed by atoms with Crippen molar-refractivity contribution in [2.75, 3.05) is 38.3 Å². The molecule has 2 aliphatic heterocycles. The van der Waals surface area contributed by atoms with Gasteiger partial charge < -0.3 is 24.2 Å². The highest BCUT2D eigenvalue weighted by Gasteiger charge is 2.26. The maximum absolute atomic E-state index is 9.00. The molecule has 0 bridgehead atoms. The van der Waals surface area contributed by atoms with Crippen LogP contribution in [0.1, 0.15) is 25.5 Å². The number of hydrogen-bond acceptors (Lipinski definition) is 7. The predicted octanol–water partition coefficient (Wildman–Crippen LogP) is 3.05. The molecule has 1 fully saturated rings. The van der Waals surface area contributed by atoms with Crippen molar-refractivity contribution in [2.24, 2.45) is 7.05 Å². The Labute approximate surface area is 192 Å². The lowest BCUT2D eigenvalue weighted by atomic mass is 10.1. The van der Waals surface area contributed by atoms with Crippen LogP contribution in [0.2, 0.25) is 0 Å². The number of aromatic nitrogens is 4. The summed E-state index contributed by atoms with van der Waals surface area (Å²) in [6, 6.07) is 3.83. The number of imidazole rings is 1. The number of carboxylic acids is 1. The predicted molar refractivity (Wildman–Crippen MR) is 123 cm³/mol. The summed E-state index contributed by atoms with van der Waals surface area (Å²) in [6.07, 6.45) is 6.19. The second-order valence-electron chi connectivity index (χ2n) is 7.91. The topological polar surface area (TPSA) is 104 Å². The van der Waals surface area contributed by atoms with Crippen LogP contribution < -0.4 is 19.1 Å². The molecule has 10 nitrogen and oxygen atoms in total. The van der Waals surface area contributed by atoms with Gasteiger partial charge in [-0.2, -0.15) is 5.10 Å². The molecule has 0 amide bonds. The van der Waals surface area contributed by atoms with Crippen molar-refractivity contribution >= 4 is 11.8 Å². The van der Waals surface area contributed by atoms with Crippen LogP contribution in [0.5, 0.6) is 17.2 Å². The number of fused-ring (bicyclic) bond motifs is 1. The van der Waals surface area contributed by atoms with E-state index in [-0.39, 0.29) is 0 Å². The number of hydrogen-bond donors (Lipinski definition) is 1. The van der Waals surface area contributed by atoms with E-state index < -0.39 is 5.97 Å². The fraction of sp³-hybridized carbons (Fsp3) is 0.435. The van der Waals surface area contributed by atoms with Crippen LogP contribution in [0, 0.1) is 6.92 Å². The minimum Gasteiger partial charge on any atom is -0.496 e. The first-order valence-corrected chi connectivity index (χ1v) is 10.9. The summed E-state index contributed by atoms with van der Waals surface area (Å²) in [5.74, 6) is 3.06. The first-order chi connectivity index (χ1) is 15.9. The number of methoxy groups -OCH3 is 1. The number of carboxylic acid groups (broad SMARTS) is 1. The molecular formula is C23H29N5O5. The van der Waals surface area contributed by atoms with Crippen LogP contribution in [0.4, 0.5) is 5.82 Å². The molecule has 1 saturated heterocycles. The van der Waals surface area contributed by atoms with Crippen LogP contribution in [0.25, 0.3) is 17.1 Å². The van der Waals surface area contributed by atoms with Gasteiger partial charge in [0, 0.05) is 45.5 Å². The first kappa shape index (κ1) is 22.5. The van der Waals surface area contributed by atoms with E-state index >= 15 is 0 Å². The molecule has 0 atom stereocenters. The molecule has 4 heterocycles. The fourth-order valence-electron chi connectivity index (χ4n) is 4.10. The van der Waals surface area contributed by atoms with Gasteiger partial charge in [-0.05, 0) is 25.8 Å². The summed E-state index contributed by atoms with van der Waals surface area (Å²) < 4.78 is 21.2. The van der Waals surface area contributed by atoms with E-state index in [2.05, 4.69) is 21.4 Å². The number of ether oxygens (including phenoxy) is 3. The van der Waals surface area contributed by atoms with Gasteiger partial charge in [0.05, 0.1) is 18.4 Å². The Morgan fingerprint density at radius 2 is 1.79 bits per heavy atom. The molecule has 2 aromatic heterocycles. The van der Waals surface area contributed by atoms with Crippen molar-refractivity contribution in [3.8, 4) is 34.3 Å². The van der Waals surface area contributed by atoms with E-state index in [9.17, 15) is 0 Å². The number of nitrogens with zero attached hydrogens (tertiary/aromatic N) is 5. The second-order valence-corrected chi connectivity index (χ2v) is 7.91. The number of aliphatic carboxylic acids is 1. The maximum atomic E-state index is 9.00. The standard InChI is InChI=1S/C21H25N5O3.C2H4O2/c1-14-19(21(23-24(14)2)25-7-4-5-8-25)26-9-6-22-20(26)15-12-17-18(13-16(15)27-3)29-11-10-28-17;1-2(3)4/h6,9,12-13H,4-5,7-8,10-11H2,1-3H3;1H3,(H,3,4). The summed E-state index contributed by atoms with van der Waals surface area (Å²) in [5, 5.41) is 12.2. The third-order valence-corrected chi connectivity index (χ3v) is 5.68. The molecule has 1 aromatic carbocycles. The van der Waals surface area contributed by atoms with Gasteiger partial charge >= 0.3 is 0 Å². The number of benzene rings is 1. The molecule has 33 heavy (non-hydrogen) atoms. The highest BCUT2D eigenvalue weighted by Crippen LogP contribution is 2.42. The average molecular weight is 456 g/mol. The van der Waals surface area contributed by atoms with Gasteiger partial charge in [-0.1, -0.05) is 0 Å². The Kier molecular flexibility index (Phi) is 6.43. The van der Waals surface area contributed by atoms with Crippen molar-refractivity contribution in [3.05, 3.63) is 30.2 Å². The van der Waals surface area contributed by atoms with Gasteiger partial charge in [0.15, 0.2) is 17.3 Å². The normalized spacial score (nSPS) is 14.6. The van der Waals surface area contributed by atoms with Gasteiger partial charge in [-0.3, -0.25) is 14.0 Å². The number of carbonyl (C=O) groups is 1. The van der Waals surface area contributed by atoms with Gasteiger partial charge in [0.1, 0.15) is 30.5 Å². The van der Waals surface area contributed by atoms with Crippen molar-refractivity contribution in [1.29, 1.82) is 0 Å². The number of aryl methyl sites for hydroxylation is 1. The van der Waals surface area contributed by atoms with E-state index in [1.54, 1.807) is 7.11 Å². The lowest BCUT2D eigenvalue weighted by Gasteiger charge is -2.21. The monoisotopic (exact) mass is 455 g/mol. The van der Waals surface area contributed by atoms with Crippen LogP contribution in [-0.2, 0) is 11.8 Å². The van der Waals surface area contributed by atoms with E-state index in [0.717, 1.165) is 48.6 Å². The zero-order valence-electron chi connectivity index (χ0n) is 19.4. The van der Waals surface area contributed by atoms with Crippen molar-refractivity contribution < 1.29 is 24.1 Å². The summed E-state index contributed by atoms with van der Waals surface area (Å²) in [4.78, 5) is 16.0. The fourth-order valence-corrected chi connectivity index (χ4v) is 4.10. The third kappa shape index (κ3) is 4.46. The van der Waals surface area contributed by atoms with E-state index in [1.165, 1.54) is 12.8 Å². The Morgan fingerprint density at radius 1 is 1.15 bits per heavy atom. The van der Waals surface area contributed by atoms with E-state index in [4.69, 9.17) is 29.2 Å². The Morgan fingerprint density at radius 3 is 2.42 bits per heavy atom. The molecule has 0 aliphatic carbocycles. The van der Waals surface area contributed by atoms with Crippen LogP contribution in [0.3, 0.4) is 0 Å². The average Bonchev–Trinajstić information content (AvgIpc) is 3.54. The Balaban J connectivity index is 0.000000601. The zero-order valence-corrected chi connectivity index (χ0v) is 19.4. The van der Waals surface area contributed by atoms with E-state index in [0.29, 0.717) is 30.5 Å². The Hall–Kier alpha value is -3.69. The molecule has 5 rings (SSSR count). The van der Waals surface area contributed by atoms with Crippen LogP contribution in [-0.4, -0.2) is 63.8 Å². The lowest BCUT2D eigenvalue weighted by Crippen LogP contribution is -2.20. The smallest absolute Gasteiger partial charge is 0.300 e. The first-order valence-electron chi connectivity index (χ1n) is 10.9. The van der Waals surface area contributed by atoms with Crippen molar-refractivity contribution in [2.45, 2.75) is 26.7 Å². The lowest BCUT2D eigenvalue weighted by molar-refractivity contribution is -0.134. The molecule has 3 aromatic rings. The summed E-state index contributed by atoms with van der Waals surface area (Å²) in [5.41, 5.74) is 3.00. The highest BCUT2D eigenvalue weighted by molar-refractivity contribution is 5.73. The highest BCUT2D eigenvalue weighted by atomic mass is 16.6. The number of anilines is 1. The van der Waals surface area contributed by atoms with Gasteiger partial charge in [0.25, 0.3) is 5.97 Å². The zero-order chi connectivity index (χ0) is 23.5. The van der Waals surface area contributed by atoms with Crippen LogP contribution >= 0.6 is 0 Å². The van der Waals surface area contributed by atoms with Gasteiger partial charge in [-0.15, -0.1) is 0 Å². The van der Waals surface area contributed by atoms with Crippen molar-refractivity contribution in [3.63, 3.8) is 0 Å². The minimum absolute atomic E-state index is 0.536. The van der Waals surface area contributed by atoms with Crippen molar-refractivity contribution in [1.82, 2.24) is 19.3 Å². The maximum Gasteiger partial charge on any atom is 0.300 e. The van der Waals surface area contributed by atoms with Gasteiger partial charge in [0.2, 0.25) is 0 Å². The molecule has 0 unspecified atom stereocenters. The minimum atomic E-state index is -0.833. The summed E-state index contributed by atoms with van der Waals surface area (Å²) >= 11 is 0. The SMILES string of the molecule is CC(=O)O.COc1cc2c(cc1-c1nccn1-c1c(N3CCCC3)nn(C)c1C)OCCO2. The summed E-state index contributed by atoms with van der Waals surface area (Å²) in [7, 11) is 3.65. The molecule has 10 heteroatoms. The largest absolute Gasteiger partial charge is 0.496 e. The van der Waals surface area contributed by atoms with Crippen LogP contribution in [0.15, 0.2) is 24.5 Å². The van der Waals surface area contributed by atoms with Gasteiger partial charge in [-0.25, -0.2) is 4.98 Å². The molecule has 176 valence electrons. The molecule has 2 aliphatic rings. The molecule has 0 spiro atoms. The summed E-state index contributed by atoms with van der Waals surface area (Å²) in [6.45, 7) is 6.31. The van der Waals surface area contributed by atoms with E-state index in [1.807, 2.05) is 36.3 Å². The quantitative estimate of drug-likeness (QED) is 0.640. The number of rotatable bonds is 4. The molecule has 0 radical (unpaired) electrons. The molecule has 0 saturated carbocycles.